The van der Waals surface area contributed by atoms with Crippen molar-refractivity contribution < 1.29 is 0 Å². The van der Waals surface area contributed by atoms with Crippen LogP contribution in [0.3, 0.4) is 0 Å². The highest BCUT2D eigenvalue weighted by Crippen LogP contribution is 2.23. The van der Waals surface area contributed by atoms with Crippen molar-refractivity contribution in [3.63, 3.8) is 0 Å². The van der Waals surface area contributed by atoms with Crippen molar-refractivity contribution in [2.45, 2.75) is 13.3 Å². The number of nitrogens with zero attached hydrogens (tertiary/aromatic N) is 2. The summed E-state index contributed by atoms with van der Waals surface area (Å²) < 4.78 is 0. The Morgan fingerprint density at radius 2 is 2.27 bits per heavy atom. The van der Waals surface area contributed by atoms with Crippen LogP contribution in [-0.4, -0.2) is 31.2 Å². The van der Waals surface area contributed by atoms with E-state index < -0.39 is 0 Å². The predicted octanol–water partition coefficient (Wildman–Crippen LogP) is 0.772. The highest BCUT2D eigenvalue weighted by atomic mass is 15.2. The van der Waals surface area contributed by atoms with Crippen LogP contribution in [0.5, 0.6) is 0 Å². The summed E-state index contributed by atoms with van der Waals surface area (Å²) >= 11 is 0. The second kappa shape index (κ2) is 4.49. The third-order valence-corrected chi connectivity index (χ3v) is 2.83. The van der Waals surface area contributed by atoms with Crippen LogP contribution in [0.1, 0.15) is 12.0 Å². The first-order valence-electron chi connectivity index (χ1n) is 5.46. The fourth-order valence-corrected chi connectivity index (χ4v) is 1.86. The maximum absolute atomic E-state index is 6.04. The van der Waals surface area contributed by atoms with E-state index in [2.05, 4.69) is 15.2 Å². The highest BCUT2D eigenvalue weighted by Gasteiger charge is 2.13. The van der Waals surface area contributed by atoms with Gasteiger partial charge >= 0.3 is 0 Å². The van der Waals surface area contributed by atoms with Crippen LogP contribution in [0.15, 0.2) is 12.3 Å². The van der Waals surface area contributed by atoms with Crippen LogP contribution in [0.25, 0.3) is 0 Å². The Labute approximate surface area is 90.5 Å². The van der Waals surface area contributed by atoms with Crippen LogP contribution < -0.4 is 16.0 Å². The van der Waals surface area contributed by atoms with Gasteiger partial charge in [-0.15, -0.1) is 0 Å². The molecule has 4 heteroatoms. The monoisotopic (exact) mass is 206 g/mol. The molecular formula is C11H18N4. The van der Waals surface area contributed by atoms with Gasteiger partial charge < -0.3 is 16.0 Å². The largest absolute Gasteiger partial charge is 0.396 e. The highest BCUT2D eigenvalue weighted by molar-refractivity contribution is 5.66. The quantitative estimate of drug-likeness (QED) is 0.712. The van der Waals surface area contributed by atoms with Crippen molar-refractivity contribution in [1.29, 1.82) is 0 Å². The van der Waals surface area contributed by atoms with Gasteiger partial charge in [-0.1, -0.05) is 0 Å². The Kier molecular flexibility index (Phi) is 3.06. The molecule has 15 heavy (non-hydrogen) atoms. The summed E-state index contributed by atoms with van der Waals surface area (Å²) in [6, 6.07) is 1.95. The number of anilines is 2. The molecule has 1 aliphatic rings. The van der Waals surface area contributed by atoms with Gasteiger partial charge in [0.15, 0.2) is 5.82 Å². The Bertz CT molecular complexity index is 329. The molecule has 1 aromatic heterocycles. The van der Waals surface area contributed by atoms with Crippen LogP contribution in [0.2, 0.25) is 0 Å². The summed E-state index contributed by atoms with van der Waals surface area (Å²) in [5.41, 5.74) is 7.97. The Morgan fingerprint density at radius 1 is 1.40 bits per heavy atom. The molecule has 0 bridgehead atoms. The molecule has 0 aromatic carbocycles. The van der Waals surface area contributed by atoms with Gasteiger partial charge in [0.1, 0.15) is 0 Å². The summed E-state index contributed by atoms with van der Waals surface area (Å²) in [6.45, 7) is 6.14. The maximum Gasteiger partial charge on any atom is 0.152 e. The van der Waals surface area contributed by atoms with Crippen LogP contribution >= 0.6 is 0 Å². The van der Waals surface area contributed by atoms with Crippen molar-refractivity contribution in [3.05, 3.63) is 17.8 Å². The van der Waals surface area contributed by atoms with Crippen LogP contribution in [-0.2, 0) is 0 Å². The molecule has 0 radical (unpaired) electrons. The fraction of sp³-hybridized carbons (Fsp3) is 0.545. The summed E-state index contributed by atoms with van der Waals surface area (Å²) in [7, 11) is 0. The number of pyridine rings is 1. The first-order valence-corrected chi connectivity index (χ1v) is 5.46. The van der Waals surface area contributed by atoms with Gasteiger partial charge in [-0.2, -0.15) is 0 Å². The molecule has 2 heterocycles. The lowest BCUT2D eigenvalue weighted by molar-refractivity contribution is 0.724. The molecule has 1 aromatic rings. The van der Waals surface area contributed by atoms with E-state index in [4.69, 9.17) is 5.73 Å². The third-order valence-electron chi connectivity index (χ3n) is 2.83. The van der Waals surface area contributed by atoms with Crippen molar-refractivity contribution in [3.8, 4) is 0 Å². The molecule has 82 valence electrons. The Morgan fingerprint density at radius 3 is 3.13 bits per heavy atom. The minimum Gasteiger partial charge on any atom is -0.396 e. The zero-order chi connectivity index (χ0) is 10.7. The van der Waals surface area contributed by atoms with Crippen molar-refractivity contribution in [2.24, 2.45) is 0 Å². The molecule has 0 aliphatic carbocycles. The van der Waals surface area contributed by atoms with E-state index in [1.807, 2.05) is 19.2 Å². The van der Waals surface area contributed by atoms with Gasteiger partial charge in [0.2, 0.25) is 0 Å². The molecule has 4 nitrogen and oxygen atoms in total. The fourth-order valence-electron chi connectivity index (χ4n) is 1.86. The van der Waals surface area contributed by atoms with Gasteiger partial charge in [0, 0.05) is 25.8 Å². The molecular weight excluding hydrogens is 188 g/mol. The van der Waals surface area contributed by atoms with Crippen molar-refractivity contribution in [1.82, 2.24) is 10.3 Å². The third kappa shape index (κ3) is 2.21. The number of hydrogen-bond acceptors (Lipinski definition) is 4. The molecule has 0 spiro atoms. The molecule has 0 unspecified atom stereocenters. The zero-order valence-corrected chi connectivity index (χ0v) is 9.16. The van der Waals surface area contributed by atoms with E-state index in [0.717, 1.165) is 49.7 Å². The summed E-state index contributed by atoms with van der Waals surface area (Å²) in [4.78, 5) is 6.64. The van der Waals surface area contributed by atoms with E-state index in [1.165, 1.54) is 0 Å². The van der Waals surface area contributed by atoms with Gasteiger partial charge in [0.25, 0.3) is 0 Å². The summed E-state index contributed by atoms with van der Waals surface area (Å²) in [5.74, 6) is 0.943. The zero-order valence-electron chi connectivity index (χ0n) is 9.16. The molecule has 3 N–H and O–H groups in total. The van der Waals surface area contributed by atoms with E-state index in [0.29, 0.717) is 0 Å². The molecule has 0 saturated carbocycles. The number of nitrogens with two attached hydrogens (primary N) is 1. The number of hydrogen-bond donors (Lipinski definition) is 2. The molecule has 1 saturated heterocycles. The smallest absolute Gasteiger partial charge is 0.152 e. The van der Waals surface area contributed by atoms with Crippen LogP contribution in [0, 0.1) is 6.92 Å². The predicted molar refractivity (Wildman–Crippen MR) is 63.1 cm³/mol. The normalized spacial score (nSPS) is 17.5. The summed E-state index contributed by atoms with van der Waals surface area (Å²) in [5, 5.41) is 3.37. The molecule has 1 aliphatic heterocycles. The lowest BCUT2D eigenvalue weighted by atomic mass is 10.2. The van der Waals surface area contributed by atoms with E-state index >= 15 is 0 Å². The summed E-state index contributed by atoms with van der Waals surface area (Å²) in [6.07, 6.45) is 2.98. The van der Waals surface area contributed by atoms with Gasteiger partial charge in [-0.05, 0) is 31.5 Å². The standard InChI is InChI=1S/C11H18N4/c1-9-3-5-14-11(10(9)12)15-7-2-4-13-6-8-15/h3,5,13H,2,4,6-8,12H2,1H3. The van der Waals surface area contributed by atoms with Crippen molar-refractivity contribution in [2.75, 3.05) is 36.8 Å². The second-order valence-electron chi connectivity index (χ2n) is 3.96. The first-order chi connectivity index (χ1) is 7.29. The number of aromatic nitrogens is 1. The molecule has 0 amide bonds. The maximum atomic E-state index is 6.04. The SMILES string of the molecule is Cc1ccnc(N2CCCNCC2)c1N. The number of aryl methyl sites for hydroxylation is 1. The topological polar surface area (TPSA) is 54.2 Å². The first kappa shape index (κ1) is 10.2. The number of nitrogen functional groups attached to an aromatic ring is 1. The molecule has 2 rings (SSSR count). The van der Waals surface area contributed by atoms with Gasteiger partial charge in [-0.25, -0.2) is 4.98 Å². The van der Waals surface area contributed by atoms with Crippen LogP contribution in [0.4, 0.5) is 11.5 Å². The second-order valence-corrected chi connectivity index (χ2v) is 3.96. The molecule has 0 atom stereocenters. The van der Waals surface area contributed by atoms with E-state index in [1.54, 1.807) is 0 Å². The minimum atomic E-state index is 0.819. The van der Waals surface area contributed by atoms with Gasteiger partial charge in [-0.3, -0.25) is 0 Å². The van der Waals surface area contributed by atoms with Crippen molar-refractivity contribution >= 4 is 11.5 Å². The number of nitrogens with one attached hydrogen (secondary N) is 1. The lowest BCUT2D eigenvalue weighted by Gasteiger charge is -2.23. The Hall–Kier alpha value is -1.29. The van der Waals surface area contributed by atoms with E-state index in [9.17, 15) is 0 Å². The van der Waals surface area contributed by atoms with Gasteiger partial charge in [0.05, 0.1) is 5.69 Å². The lowest BCUT2D eigenvalue weighted by Crippen LogP contribution is -2.29. The van der Waals surface area contributed by atoms with E-state index in [-0.39, 0.29) is 0 Å². The minimum absolute atomic E-state index is 0.819. The average molecular weight is 206 g/mol. The number of rotatable bonds is 1. The Balaban J connectivity index is 2.23. The molecule has 1 fully saturated rings. The average Bonchev–Trinajstić information content (AvgIpc) is 2.50.